The summed E-state index contributed by atoms with van der Waals surface area (Å²) in [6.07, 6.45) is 6.20. The van der Waals surface area contributed by atoms with Crippen molar-refractivity contribution < 1.29 is 24.0 Å². The quantitative estimate of drug-likeness (QED) is 0.404. The molecule has 1 aliphatic carbocycles. The second-order valence-corrected chi connectivity index (χ2v) is 12.3. The zero-order valence-electron chi connectivity index (χ0n) is 19.9. The van der Waals surface area contributed by atoms with Gasteiger partial charge in [-0.05, 0) is 68.4 Å². The van der Waals surface area contributed by atoms with E-state index in [1.807, 2.05) is 37.4 Å². The van der Waals surface area contributed by atoms with Crippen LogP contribution in [-0.4, -0.2) is 41.0 Å². The number of ether oxygens (including phenoxy) is 2. The van der Waals surface area contributed by atoms with E-state index in [1.54, 1.807) is 23.5 Å². The van der Waals surface area contributed by atoms with Gasteiger partial charge in [0.15, 0.2) is 11.9 Å². The van der Waals surface area contributed by atoms with Crippen LogP contribution < -0.4 is 5.32 Å². The third-order valence-corrected chi connectivity index (χ3v) is 10.1. The van der Waals surface area contributed by atoms with Gasteiger partial charge >= 0.3 is 0 Å². The first-order chi connectivity index (χ1) is 15.8. The highest BCUT2D eigenvalue weighted by Crippen LogP contribution is 2.61. The highest BCUT2D eigenvalue weighted by molar-refractivity contribution is 7.99. The fourth-order valence-corrected chi connectivity index (χ4v) is 7.92. The molecule has 1 aromatic rings. The van der Waals surface area contributed by atoms with E-state index in [0.717, 1.165) is 29.8 Å². The molecule has 6 rings (SSSR count). The van der Waals surface area contributed by atoms with E-state index in [9.17, 15) is 4.79 Å². The lowest BCUT2D eigenvalue weighted by molar-refractivity contribution is -0.568. The molecule has 4 aliphatic heterocycles. The van der Waals surface area contributed by atoms with Crippen molar-refractivity contribution in [3.63, 3.8) is 0 Å². The SMILES string of the molecule is CSc1cccc(NC(=O)CCS[C@@H]2O[C@@H]3O[C@@]4(C)CC[C@H]5[C@H](C)CC[C@@H]([C@H]2C)[C@@]35OO4)c1. The molecule has 1 amide bonds. The summed E-state index contributed by atoms with van der Waals surface area (Å²) in [5, 5.41) is 3.02. The van der Waals surface area contributed by atoms with Crippen molar-refractivity contribution in [3.05, 3.63) is 24.3 Å². The van der Waals surface area contributed by atoms with Crippen LogP contribution in [0.3, 0.4) is 0 Å². The number of thioether (sulfide) groups is 2. The van der Waals surface area contributed by atoms with E-state index in [2.05, 4.69) is 19.2 Å². The van der Waals surface area contributed by atoms with Crippen molar-refractivity contribution in [1.29, 1.82) is 0 Å². The topological polar surface area (TPSA) is 66.0 Å². The Hall–Kier alpha value is -0.770. The maximum atomic E-state index is 12.5. The molecule has 0 unspecified atom stereocenters. The first-order valence-corrected chi connectivity index (χ1v) is 14.4. The van der Waals surface area contributed by atoms with Gasteiger partial charge in [-0.3, -0.25) is 4.79 Å². The second-order valence-electron chi connectivity index (χ2n) is 10.2. The predicted molar refractivity (Wildman–Crippen MR) is 131 cm³/mol. The van der Waals surface area contributed by atoms with Gasteiger partial charge in [-0.25, -0.2) is 9.78 Å². The minimum Gasteiger partial charge on any atom is -0.335 e. The monoisotopic (exact) mass is 493 g/mol. The maximum absolute atomic E-state index is 12.5. The Bertz CT molecular complexity index is 886. The molecule has 1 spiro atoms. The van der Waals surface area contributed by atoms with E-state index in [1.165, 1.54) is 6.42 Å². The van der Waals surface area contributed by atoms with Crippen LogP contribution in [0.1, 0.15) is 52.9 Å². The smallest absolute Gasteiger partial charge is 0.225 e. The number of anilines is 1. The van der Waals surface area contributed by atoms with Crippen LogP contribution in [-0.2, 0) is 24.0 Å². The Morgan fingerprint density at radius 2 is 2.03 bits per heavy atom. The van der Waals surface area contributed by atoms with Crippen molar-refractivity contribution in [3.8, 4) is 0 Å². The Balaban J connectivity index is 1.23. The summed E-state index contributed by atoms with van der Waals surface area (Å²) in [7, 11) is 0. The molecule has 6 nitrogen and oxygen atoms in total. The van der Waals surface area contributed by atoms with Gasteiger partial charge in [0.25, 0.3) is 0 Å². The lowest BCUT2D eigenvalue weighted by atomic mass is 9.58. The lowest BCUT2D eigenvalue weighted by Gasteiger charge is -2.60. The van der Waals surface area contributed by atoms with Crippen LogP contribution >= 0.6 is 23.5 Å². The van der Waals surface area contributed by atoms with Crippen molar-refractivity contribution in [2.24, 2.45) is 23.7 Å². The molecule has 0 radical (unpaired) electrons. The van der Waals surface area contributed by atoms with Crippen LogP contribution in [0.2, 0.25) is 0 Å². The molecule has 0 aromatic heterocycles. The first kappa shape index (κ1) is 23.9. The third kappa shape index (κ3) is 4.36. The van der Waals surface area contributed by atoms with E-state index in [0.29, 0.717) is 29.9 Å². The molecule has 1 N–H and O–H groups in total. The summed E-state index contributed by atoms with van der Waals surface area (Å²) in [5.41, 5.74) is 0.291. The van der Waals surface area contributed by atoms with E-state index in [4.69, 9.17) is 19.2 Å². The fourth-order valence-electron chi connectivity index (χ4n) is 6.25. The standard InChI is InChI=1S/C25H35NO5S2/c1-15-8-9-20-16(2)22(28-23-25(20)19(15)10-12-24(3,29-23)30-31-25)33-13-11-21(27)26-17-6-5-7-18(14-17)32-4/h5-7,14-16,19-20,22-23H,8-13H2,1-4H3,(H,26,27)/t15-,16-,19+,20+,22+,23-,24-,25-/m1/s1. The average molecular weight is 494 g/mol. The van der Waals surface area contributed by atoms with Crippen LogP contribution in [0, 0.1) is 23.7 Å². The highest BCUT2D eigenvalue weighted by atomic mass is 32.2. The van der Waals surface area contributed by atoms with Gasteiger partial charge in [-0.15, -0.1) is 23.5 Å². The number of nitrogens with one attached hydrogen (secondary N) is 1. The molecular weight excluding hydrogens is 458 g/mol. The Kier molecular flexibility index (Phi) is 6.79. The number of rotatable bonds is 6. The molecule has 33 heavy (non-hydrogen) atoms. The van der Waals surface area contributed by atoms with Crippen LogP contribution in [0.15, 0.2) is 29.2 Å². The highest BCUT2D eigenvalue weighted by Gasteiger charge is 2.69. The summed E-state index contributed by atoms with van der Waals surface area (Å²) in [6, 6.07) is 7.94. The number of amides is 1. The molecular formula is C25H35NO5S2. The number of fused-ring (bicyclic) bond motifs is 2. The van der Waals surface area contributed by atoms with E-state index < -0.39 is 17.7 Å². The summed E-state index contributed by atoms with van der Waals surface area (Å²) in [5.74, 6) is 1.52. The lowest BCUT2D eigenvalue weighted by Crippen LogP contribution is -2.70. The van der Waals surface area contributed by atoms with Crippen molar-refractivity contribution in [2.75, 3.05) is 17.3 Å². The molecule has 2 bridgehead atoms. The summed E-state index contributed by atoms with van der Waals surface area (Å²) < 4.78 is 13.0. The number of hydrogen-bond acceptors (Lipinski definition) is 7. The van der Waals surface area contributed by atoms with Gasteiger partial charge in [-0.1, -0.05) is 19.9 Å². The van der Waals surface area contributed by atoms with Crippen molar-refractivity contribution >= 4 is 35.1 Å². The summed E-state index contributed by atoms with van der Waals surface area (Å²) >= 11 is 3.39. The van der Waals surface area contributed by atoms with Crippen LogP contribution in [0.25, 0.3) is 0 Å². The molecule has 1 saturated carbocycles. The third-order valence-electron chi connectivity index (χ3n) is 8.06. The zero-order valence-corrected chi connectivity index (χ0v) is 21.5. The molecule has 182 valence electrons. The predicted octanol–water partition coefficient (Wildman–Crippen LogP) is 5.68. The summed E-state index contributed by atoms with van der Waals surface area (Å²) in [4.78, 5) is 25.8. The molecule has 8 heteroatoms. The minimum absolute atomic E-state index is 0.0288. The van der Waals surface area contributed by atoms with Crippen LogP contribution in [0.5, 0.6) is 0 Å². The number of carbonyl (C=O) groups is 1. The van der Waals surface area contributed by atoms with Gasteiger partial charge in [0.1, 0.15) is 5.44 Å². The fraction of sp³-hybridized carbons (Fsp3) is 0.720. The summed E-state index contributed by atoms with van der Waals surface area (Å²) in [6.45, 7) is 6.54. The normalized spacial score (nSPS) is 41.8. The maximum Gasteiger partial charge on any atom is 0.225 e. The van der Waals surface area contributed by atoms with E-state index >= 15 is 0 Å². The molecule has 8 atom stereocenters. The number of carbonyl (C=O) groups excluding carboxylic acids is 1. The van der Waals surface area contributed by atoms with Gasteiger partial charge in [0, 0.05) is 35.1 Å². The number of benzene rings is 1. The largest absolute Gasteiger partial charge is 0.335 e. The van der Waals surface area contributed by atoms with Crippen molar-refractivity contribution in [2.45, 2.75) is 80.9 Å². The number of hydrogen-bond donors (Lipinski definition) is 1. The molecule has 4 saturated heterocycles. The van der Waals surface area contributed by atoms with Gasteiger partial charge in [-0.2, -0.15) is 0 Å². The molecule has 5 aliphatic rings. The van der Waals surface area contributed by atoms with Crippen molar-refractivity contribution in [1.82, 2.24) is 0 Å². The molecule has 1 aromatic carbocycles. The Morgan fingerprint density at radius 3 is 2.85 bits per heavy atom. The van der Waals surface area contributed by atoms with Gasteiger partial charge in [0.2, 0.25) is 11.7 Å². The zero-order chi connectivity index (χ0) is 23.2. The van der Waals surface area contributed by atoms with Gasteiger partial charge < -0.3 is 14.8 Å². The molecule has 5 fully saturated rings. The molecule has 4 heterocycles. The van der Waals surface area contributed by atoms with Crippen LogP contribution in [0.4, 0.5) is 5.69 Å². The Morgan fingerprint density at radius 1 is 1.18 bits per heavy atom. The minimum atomic E-state index is -0.751. The Labute approximate surface area is 205 Å². The van der Waals surface area contributed by atoms with Gasteiger partial charge in [0.05, 0.1) is 0 Å². The first-order valence-electron chi connectivity index (χ1n) is 12.1. The second kappa shape index (κ2) is 9.36. The van der Waals surface area contributed by atoms with E-state index in [-0.39, 0.29) is 17.3 Å². The average Bonchev–Trinajstić information content (AvgIpc) is 3.03.